The Morgan fingerprint density at radius 3 is 2.75 bits per heavy atom. The van der Waals surface area contributed by atoms with Crippen molar-refractivity contribution in [2.24, 2.45) is 0 Å². The first-order valence-electron chi connectivity index (χ1n) is 6.74. The fourth-order valence-electron chi connectivity index (χ4n) is 2.65. The molecule has 0 spiro atoms. The van der Waals surface area contributed by atoms with Crippen LogP contribution in [0, 0.1) is 0 Å². The van der Waals surface area contributed by atoms with Crippen LogP contribution in [0.3, 0.4) is 0 Å². The number of nitrogens with zero attached hydrogens (tertiary/aromatic N) is 1. The smallest absolute Gasteiger partial charge is 0.263 e. The molecule has 0 aliphatic carbocycles. The standard InChI is InChI=1S/C16H17NO2S/c1-19-14-6-4-12(5-7-14)13-8-9-17(11-13)16(18)15-3-2-10-20-15/h2-7,10,13H,8-9,11H2,1H3. The summed E-state index contributed by atoms with van der Waals surface area (Å²) in [5.41, 5.74) is 1.28. The highest BCUT2D eigenvalue weighted by Crippen LogP contribution is 2.29. The fourth-order valence-corrected chi connectivity index (χ4v) is 3.34. The van der Waals surface area contributed by atoms with Crippen LogP contribution in [0.5, 0.6) is 5.75 Å². The molecule has 1 aromatic heterocycles. The topological polar surface area (TPSA) is 29.5 Å². The minimum absolute atomic E-state index is 0.163. The molecule has 104 valence electrons. The highest BCUT2D eigenvalue weighted by Gasteiger charge is 2.28. The van der Waals surface area contributed by atoms with Gasteiger partial charge in [-0.05, 0) is 35.6 Å². The van der Waals surface area contributed by atoms with Gasteiger partial charge in [-0.15, -0.1) is 11.3 Å². The molecule has 0 saturated carbocycles. The highest BCUT2D eigenvalue weighted by atomic mass is 32.1. The molecule has 1 aliphatic heterocycles. The van der Waals surface area contributed by atoms with Crippen LogP contribution in [0.1, 0.15) is 27.6 Å². The number of amides is 1. The first-order chi connectivity index (χ1) is 9.78. The summed E-state index contributed by atoms with van der Waals surface area (Å²) < 4.78 is 5.18. The van der Waals surface area contributed by atoms with Gasteiger partial charge in [0.15, 0.2) is 0 Å². The summed E-state index contributed by atoms with van der Waals surface area (Å²) in [5.74, 6) is 1.47. The zero-order valence-electron chi connectivity index (χ0n) is 11.4. The third-order valence-corrected chi connectivity index (χ3v) is 4.65. The van der Waals surface area contributed by atoms with Gasteiger partial charge in [0.2, 0.25) is 0 Å². The minimum Gasteiger partial charge on any atom is -0.497 e. The van der Waals surface area contributed by atoms with Crippen molar-refractivity contribution in [1.82, 2.24) is 4.90 Å². The van der Waals surface area contributed by atoms with E-state index < -0.39 is 0 Å². The maximum atomic E-state index is 12.3. The van der Waals surface area contributed by atoms with Crippen LogP contribution in [0.4, 0.5) is 0 Å². The first-order valence-corrected chi connectivity index (χ1v) is 7.62. The molecule has 1 saturated heterocycles. The molecule has 0 radical (unpaired) electrons. The molecular weight excluding hydrogens is 270 g/mol. The monoisotopic (exact) mass is 287 g/mol. The molecule has 3 nitrogen and oxygen atoms in total. The average molecular weight is 287 g/mol. The molecule has 0 bridgehead atoms. The number of methoxy groups -OCH3 is 1. The number of rotatable bonds is 3. The van der Waals surface area contributed by atoms with Gasteiger partial charge in [0.1, 0.15) is 5.75 Å². The van der Waals surface area contributed by atoms with E-state index in [2.05, 4.69) is 12.1 Å². The van der Waals surface area contributed by atoms with E-state index in [0.717, 1.165) is 30.1 Å². The van der Waals surface area contributed by atoms with Crippen LogP contribution in [0.15, 0.2) is 41.8 Å². The lowest BCUT2D eigenvalue weighted by Crippen LogP contribution is -2.27. The Bertz CT molecular complexity index is 577. The van der Waals surface area contributed by atoms with Gasteiger partial charge < -0.3 is 9.64 Å². The first kappa shape index (κ1) is 13.2. The predicted molar refractivity (Wildman–Crippen MR) is 80.6 cm³/mol. The zero-order valence-corrected chi connectivity index (χ0v) is 12.2. The minimum atomic E-state index is 0.163. The van der Waals surface area contributed by atoms with Crippen molar-refractivity contribution in [3.8, 4) is 5.75 Å². The maximum absolute atomic E-state index is 12.3. The predicted octanol–water partition coefficient (Wildman–Crippen LogP) is 3.39. The van der Waals surface area contributed by atoms with E-state index in [1.54, 1.807) is 7.11 Å². The van der Waals surface area contributed by atoms with Crippen molar-refractivity contribution in [2.45, 2.75) is 12.3 Å². The van der Waals surface area contributed by atoms with Crippen molar-refractivity contribution in [1.29, 1.82) is 0 Å². The Morgan fingerprint density at radius 1 is 1.30 bits per heavy atom. The summed E-state index contributed by atoms with van der Waals surface area (Å²) in [6.45, 7) is 1.65. The third-order valence-electron chi connectivity index (χ3n) is 3.79. The number of ether oxygens (including phenoxy) is 1. The summed E-state index contributed by atoms with van der Waals surface area (Å²) in [5, 5.41) is 1.95. The molecule has 1 aromatic carbocycles. The van der Waals surface area contributed by atoms with E-state index in [1.165, 1.54) is 16.9 Å². The van der Waals surface area contributed by atoms with Crippen LogP contribution >= 0.6 is 11.3 Å². The molecule has 1 aliphatic rings. The van der Waals surface area contributed by atoms with Gasteiger partial charge in [-0.25, -0.2) is 0 Å². The molecule has 4 heteroatoms. The molecule has 2 aromatic rings. The molecule has 20 heavy (non-hydrogen) atoms. The average Bonchev–Trinajstić information content (AvgIpc) is 3.18. The number of likely N-dealkylation sites (tertiary alicyclic amines) is 1. The summed E-state index contributed by atoms with van der Waals surface area (Å²) in [6.07, 6.45) is 1.03. The van der Waals surface area contributed by atoms with E-state index in [9.17, 15) is 4.79 Å². The molecule has 1 unspecified atom stereocenters. The van der Waals surface area contributed by atoms with Gasteiger partial charge in [-0.2, -0.15) is 0 Å². The summed E-state index contributed by atoms with van der Waals surface area (Å²) in [7, 11) is 1.67. The van der Waals surface area contributed by atoms with Gasteiger partial charge in [0.25, 0.3) is 5.91 Å². The van der Waals surface area contributed by atoms with Crippen LogP contribution in [-0.4, -0.2) is 31.0 Å². The number of carbonyl (C=O) groups is 1. The summed E-state index contributed by atoms with van der Waals surface area (Å²) in [4.78, 5) is 15.1. The lowest BCUT2D eigenvalue weighted by Gasteiger charge is -2.16. The van der Waals surface area contributed by atoms with Gasteiger partial charge in [-0.3, -0.25) is 4.79 Å². The van der Waals surface area contributed by atoms with Gasteiger partial charge in [0.05, 0.1) is 12.0 Å². The molecule has 0 N–H and O–H groups in total. The molecular formula is C16H17NO2S. The molecule has 1 amide bonds. The van der Waals surface area contributed by atoms with Gasteiger partial charge >= 0.3 is 0 Å². The van der Waals surface area contributed by atoms with Crippen molar-refractivity contribution in [2.75, 3.05) is 20.2 Å². The largest absolute Gasteiger partial charge is 0.497 e. The van der Waals surface area contributed by atoms with E-state index in [4.69, 9.17) is 4.74 Å². The fraction of sp³-hybridized carbons (Fsp3) is 0.312. The second kappa shape index (κ2) is 5.67. The van der Waals surface area contributed by atoms with Crippen LogP contribution < -0.4 is 4.74 Å². The highest BCUT2D eigenvalue weighted by molar-refractivity contribution is 7.12. The normalized spacial score (nSPS) is 18.2. The van der Waals surface area contributed by atoms with Crippen molar-refractivity contribution < 1.29 is 9.53 Å². The number of hydrogen-bond donors (Lipinski definition) is 0. The zero-order chi connectivity index (χ0) is 13.9. The van der Waals surface area contributed by atoms with E-state index in [-0.39, 0.29) is 5.91 Å². The second-order valence-electron chi connectivity index (χ2n) is 4.99. The van der Waals surface area contributed by atoms with E-state index in [1.807, 2.05) is 34.5 Å². The molecule has 1 fully saturated rings. The molecule has 1 atom stereocenters. The van der Waals surface area contributed by atoms with E-state index in [0.29, 0.717) is 5.92 Å². The Balaban J connectivity index is 1.68. The Kier molecular flexibility index (Phi) is 3.74. The van der Waals surface area contributed by atoms with Gasteiger partial charge in [-0.1, -0.05) is 18.2 Å². The maximum Gasteiger partial charge on any atom is 0.263 e. The second-order valence-corrected chi connectivity index (χ2v) is 5.93. The summed E-state index contributed by atoms with van der Waals surface area (Å²) in [6, 6.07) is 12.0. The number of hydrogen-bond acceptors (Lipinski definition) is 3. The van der Waals surface area contributed by atoms with Crippen LogP contribution in [-0.2, 0) is 0 Å². The lowest BCUT2D eigenvalue weighted by molar-refractivity contribution is 0.0795. The number of thiophene rings is 1. The Hall–Kier alpha value is -1.81. The SMILES string of the molecule is COc1ccc(C2CCN(C(=O)c3cccs3)C2)cc1. The summed E-state index contributed by atoms with van der Waals surface area (Å²) >= 11 is 1.51. The molecule has 3 rings (SSSR count). The van der Waals surface area contributed by atoms with Crippen molar-refractivity contribution >= 4 is 17.2 Å². The van der Waals surface area contributed by atoms with Crippen molar-refractivity contribution in [3.63, 3.8) is 0 Å². The third kappa shape index (κ3) is 2.56. The molecule has 2 heterocycles. The van der Waals surface area contributed by atoms with Crippen LogP contribution in [0.2, 0.25) is 0 Å². The van der Waals surface area contributed by atoms with Gasteiger partial charge in [0, 0.05) is 19.0 Å². The number of benzene rings is 1. The number of carbonyl (C=O) groups excluding carboxylic acids is 1. The van der Waals surface area contributed by atoms with Crippen molar-refractivity contribution in [3.05, 3.63) is 52.2 Å². The lowest BCUT2D eigenvalue weighted by atomic mass is 9.98. The van der Waals surface area contributed by atoms with E-state index >= 15 is 0 Å². The quantitative estimate of drug-likeness (QED) is 0.866. The van der Waals surface area contributed by atoms with Crippen LogP contribution in [0.25, 0.3) is 0 Å². The Morgan fingerprint density at radius 2 is 2.10 bits per heavy atom. The Labute approximate surface area is 122 Å².